The largest absolute Gasteiger partial charge is 0.401 e. The van der Waals surface area contributed by atoms with Crippen LogP contribution in [-0.2, 0) is 10.3 Å². The van der Waals surface area contributed by atoms with Gasteiger partial charge in [-0.05, 0) is 24.1 Å². The lowest BCUT2D eigenvalue weighted by atomic mass is 9.86. The third-order valence-corrected chi connectivity index (χ3v) is 3.09. The molecule has 106 valence electrons. The van der Waals surface area contributed by atoms with Crippen molar-refractivity contribution in [3.8, 4) is 0 Å². The summed E-state index contributed by atoms with van der Waals surface area (Å²) in [7, 11) is 0. The van der Waals surface area contributed by atoms with Crippen LogP contribution >= 0.6 is 11.6 Å². The van der Waals surface area contributed by atoms with Gasteiger partial charge in [-0.1, -0.05) is 30.7 Å². The molecule has 1 atom stereocenters. The number of carbonyl (C=O) groups excluding carboxylic acids is 1. The van der Waals surface area contributed by atoms with Gasteiger partial charge in [-0.3, -0.25) is 10.1 Å². The summed E-state index contributed by atoms with van der Waals surface area (Å²) < 4.78 is 37.0. The molecular weight excluding hydrogens is 281 g/mol. The Bertz CT molecular complexity index is 465. The molecule has 0 heterocycles. The molecule has 1 aromatic carbocycles. The molecule has 7 heteroatoms. The fourth-order valence-corrected chi connectivity index (χ4v) is 2.03. The monoisotopic (exact) mass is 294 g/mol. The van der Waals surface area contributed by atoms with Crippen molar-refractivity contribution in [3.63, 3.8) is 0 Å². The van der Waals surface area contributed by atoms with E-state index in [4.69, 9.17) is 17.3 Å². The van der Waals surface area contributed by atoms with Gasteiger partial charge in [-0.2, -0.15) is 13.2 Å². The van der Waals surface area contributed by atoms with Gasteiger partial charge in [-0.15, -0.1) is 0 Å². The summed E-state index contributed by atoms with van der Waals surface area (Å²) >= 11 is 5.80. The third kappa shape index (κ3) is 3.84. The van der Waals surface area contributed by atoms with E-state index >= 15 is 0 Å². The zero-order chi connectivity index (χ0) is 14.7. The van der Waals surface area contributed by atoms with Crippen LogP contribution in [0.3, 0.4) is 0 Å². The number of nitrogens with one attached hydrogen (secondary N) is 1. The van der Waals surface area contributed by atoms with Crippen molar-refractivity contribution >= 4 is 17.5 Å². The lowest BCUT2D eigenvalue weighted by molar-refractivity contribution is -0.136. The van der Waals surface area contributed by atoms with Gasteiger partial charge >= 0.3 is 6.18 Å². The molecule has 0 bridgehead atoms. The highest BCUT2D eigenvalue weighted by molar-refractivity contribution is 6.30. The first-order valence-electron chi connectivity index (χ1n) is 5.59. The van der Waals surface area contributed by atoms with Crippen molar-refractivity contribution in [3.05, 3.63) is 34.9 Å². The molecule has 0 saturated carbocycles. The molecule has 1 rings (SSSR count). The second kappa shape index (κ2) is 5.79. The summed E-state index contributed by atoms with van der Waals surface area (Å²) in [6.07, 6.45) is -4.35. The fourth-order valence-electron chi connectivity index (χ4n) is 1.84. The van der Waals surface area contributed by atoms with Gasteiger partial charge in [0.2, 0.25) is 5.91 Å². The molecule has 0 radical (unpaired) electrons. The molecule has 0 saturated heterocycles. The van der Waals surface area contributed by atoms with E-state index in [1.807, 2.05) is 0 Å². The zero-order valence-corrected chi connectivity index (χ0v) is 11.0. The number of amides is 1. The van der Waals surface area contributed by atoms with Crippen LogP contribution in [0.15, 0.2) is 24.3 Å². The van der Waals surface area contributed by atoms with E-state index in [0.29, 0.717) is 10.6 Å². The first-order valence-corrected chi connectivity index (χ1v) is 5.97. The van der Waals surface area contributed by atoms with Gasteiger partial charge in [0.25, 0.3) is 0 Å². The van der Waals surface area contributed by atoms with Crippen molar-refractivity contribution in [2.75, 3.05) is 6.54 Å². The van der Waals surface area contributed by atoms with Crippen LogP contribution in [0.4, 0.5) is 13.2 Å². The Kier molecular flexibility index (Phi) is 4.81. The van der Waals surface area contributed by atoms with Crippen molar-refractivity contribution in [2.45, 2.75) is 25.1 Å². The molecule has 3 nitrogen and oxygen atoms in total. The summed E-state index contributed by atoms with van der Waals surface area (Å²) in [5.41, 5.74) is 4.02. The number of primary amides is 1. The van der Waals surface area contributed by atoms with Crippen LogP contribution in [0.5, 0.6) is 0 Å². The Hall–Kier alpha value is -1.27. The van der Waals surface area contributed by atoms with E-state index in [2.05, 4.69) is 5.32 Å². The predicted molar refractivity (Wildman–Crippen MR) is 66.7 cm³/mol. The Balaban J connectivity index is 3.16. The average molecular weight is 295 g/mol. The van der Waals surface area contributed by atoms with Gasteiger partial charge in [0, 0.05) is 5.02 Å². The summed E-state index contributed by atoms with van der Waals surface area (Å²) in [6, 6.07) is 6.07. The van der Waals surface area contributed by atoms with E-state index in [9.17, 15) is 18.0 Å². The minimum absolute atomic E-state index is 0.0821. The van der Waals surface area contributed by atoms with Gasteiger partial charge in [0.05, 0.1) is 6.54 Å². The first-order chi connectivity index (χ1) is 8.71. The predicted octanol–water partition coefficient (Wildman–Crippen LogP) is 2.58. The smallest absolute Gasteiger partial charge is 0.368 e. The highest BCUT2D eigenvalue weighted by Crippen LogP contribution is 2.28. The third-order valence-electron chi connectivity index (χ3n) is 2.86. The number of halogens is 4. The maximum absolute atomic E-state index is 12.3. The maximum atomic E-state index is 12.3. The minimum atomic E-state index is -4.44. The first kappa shape index (κ1) is 15.8. The Morgan fingerprint density at radius 1 is 1.42 bits per heavy atom. The van der Waals surface area contributed by atoms with E-state index in [0.717, 1.165) is 0 Å². The lowest BCUT2D eigenvalue weighted by Gasteiger charge is -2.31. The quantitative estimate of drug-likeness (QED) is 0.877. The number of hydrogen-bond donors (Lipinski definition) is 2. The van der Waals surface area contributed by atoms with Gasteiger partial charge in [-0.25, -0.2) is 0 Å². The van der Waals surface area contributed by atoms with Gasteiger partial charge in [0.1, 0.15) is 5.54 Å². The van der Waals surface area contributed by atoms with Gasteiger partial charge in [0.15, 0.2) is 0 Å². The molecule has 0 spiro atoms. The summed E-state index contributed by atoms with van der Waals surface area (Å²) in [5.74, 6) is -0.874. The standard InChI is InChI=1S/C12H14ClF3N2O/c1-2-11(10(17)19,18-7-12(14,15)16)8-4-3-5-9(13)6-8/h3-6,18H,2,7H2,1H3,(H2,17,19). The van der Waals surface area contributed by atoms with Gasteiger partial charge < -0.3 is 5.73 Å². The highest BCUT2D eigenvalue weighted by Gasteiger charge is 2.40. The second-order valence-electron chi connectivity index (χ2n) is 4.10. The number of nitrogens with two attached hydrogens (primary N) is 1. The molecule has 0 aliphatic heterocycles. The average Bonchev–Trinajstić information content (AvgIpc) is 2.28. The molecule has 3 N–H and O–H groups in total. The molecule has 1 unspecified atom stereocenters. The Morgan fingerprint density at radius 2 is 2.05 bits per heavy atom. The molecule has 1 amide bonds. The molecule has 19 heavy (non-hydrogen) atoms. The molecule has 0 aliphatic carbocycles. The molecule has 0 aromatic heterocycles. The number of rotatable bonds is 5. The number of carbonyl (C=O) groups is 1. The second-order valence-corrected chi connectivity index (χ2v) is 4.54. The van der Waals surface area contributed by atoms with Crippen molar-refractivity contribution in [1.82, 2.24) is 5.32 Å². The molecule has 1 aromatic rings. The topological polar surface area (TPSA) is 55.1 Å². The molecule has 0 fully saturated rings. The maximum Gasteiger partial charge on any atom is 0.401 e. The summed E-state index contributed by atoms with van der Waals surface area (Å²) in [4.78, 5) is 11.6. The summed E-state index contributed by atoms with van der Waals surface area (Å²) in [6.45, 7) is 0.269. The zero-order valence-electron chi connectivity index (χ0n) is 10.2. The fraction of sp³-hybridized carbons (Fsp3) is 0.417. The van der Waals surface area contributed by atoms with Crippen molar-refractivity contribution < 1.29 is 18.0 Å². The lowest BCUT2D eigenvalue weighted by Crippen LogP contribution is -2.54. The van der Waals surface area contributed by atoms with Crippen LogP contribution < -0.4 is 11.1 Å². The van der Waals surface area contributed by atoms with Crippen LogP contribution in [0.25, 0.3) is 0 Å². The number of hydrogen-bond acceptors (Lipinski definition) is 2. The van der Waals surface area contributed by atoms with Crippen molar-refractivity contribution in [2.24, 2.45) is 5.73 Å². The van der Waals surface area contributed by atoms with Crippen LogP contribution in [-0.4, -0.2) is 18.6 Å². The summed E-state index contributed by atoms with van der Waals surface area (Å²) in [5, 5.41) is 2.53. The van der Waals surface area contributed by atoms with E-state index in [1.165, 1.54) is 12.1 Å². The van der Waals surface area contributed by atoms with Crippen LogP contribution in [0.2, 0.25) is 5.02 Å². The normalized spacial score (nSPS) is 15.0. The van der Waals surface area contributed by atoms with E-state index in [1.54, 1.807) is 19.1 Å². The van der Waals surface area contributed by atoms with Crippen molar-refractivity contribution in [1.29, 1.82) is 0 Å². The molecular formula is C12H14ClF3N2O. The Morgan fingerprint density at radius 3 is 2.47 bits per heavy atom. The highest BCUT2D eigenvalue weighted by atomic mass is 35.5. The minimum Gasteiger partial charge on any atom is -0.368 e. The van der Waals surface area contributed by atoms with E-state index < -0.39 is 24.2 Å². The van der Waals surface area contributed by atoms with E-state index in [-0.39, 0.29) is 6.42 Å². The number of alkyl halides is 3. The van der Waals surface area contributed by atoms with Crippen LogP contribution in [0, 0.1) is 0 Å². The Labute approximate surface area is 113 Å². The SMILES string of the molecule is CCC(NCC(F)(F)F)(C(N)=O)c1cccc(Cl)c1. The molecule has 0 aliphatic rings. The van der Waals surface area contributed by atoms with Crippen LogP contribution in [0.1, 0.15) is 18.9 Å². The number of benzene rings is 1.